The van der Waals surface area contributed by atoms with Crippen molar-refractivity contribution < 1.29 is 4.79 Å². The number of guanidine groups is 1. The predicted molar refractivity (Wildman–Crippen MR) is 117 cm³/mol. The number of aryl methyl sites for hydroxylation is 1. The second-order valence-corrected chi connectivity index (χ2v) is 6.68. The SMILES string of the molecule is CCCCCC(C)NC(=NCCNC(=O)c1scnc1C)NCC.I. The van der Waals surface area contributed by atoms with Crippen LogP contribution < -0.4 is 16.0 Å². The van der Waals surface area contributed by atoms with Crippen molar-refractivity contribution in [2.75, 3.05) is 19.6 Å². The van der Waals surface area contributed by atoms with Gasteiger partial charge in [-0.2, -0.15) is 0 Å². The smallest absolute Gasteiger partial charge is 0.263 e. The average molecular weight is 481 g/mol. The molecule has 1 aromatic rings. The summed E-state index contributed by atoms with van der Waals surface area (Å²) in [6.07, 6.45) is 4.87. The van der Waals surface area contributed by atoms with E-state index in [0.29, 0.717) is 24.0 Å². The van der Waals surface area contributed by atoms with E-state index >= 15 is 0 Å². The van der Waals surface area contributed by atoms with Crippen molar-refractivity contribution in [3.05, 3.63) is 16.1 Å². The highest BCUT2D eigenvalue weighted by atomic mass is 127. The fraction of sp³-hybridized carbons (Fsp3) is 0.706. The van der Waals surface area contributed by atoms with Crippen LogP contribution in [-0.2, 0) is 0 Å². The van der Waals surface area contributed by atoms with Crippen LogP contribution in [0.4, 0.5) is 0 Å². The van der Waals surface area contributed by atoms with Gasteiger partial charge in [0, 0.05) is 19.1 Å². The minimum absolute atomic E-state index is 0. The third kappa shape index (κ3) is 9.98. The molecule has 0 fully saturated rings. The number of aromatic nitrogens is 1. The highest BCUT2D eigenvalue weighted by Gasteiger charge is 2.10. The molecule has 6 nitrogen and oxygen atoms in total. The first-order valence-corrected chi connectivity index (χ1v) is 9.69. The maximum atomic E-state index is 12.0. The van der Waals surface area contributed by atoms with Crippen molar-refractivity contribution in [1.29, 1.82) is 0 Å². The monoisotopic (exact) mass is 481 g/mol. The summed E-state index contributed by atoms with van der Waals surface area (Å²) in [5, 5.41) is 9.55. The van der Waals surface area contributed by atoms with Crippen LogP contribution in [0.3, 0.4) is 0 Å². The van der Waals surface area contributed by atoms with Gasteiger partial charge in [0.2, 0.25) is 0 Å². The lowest BCUT2D eigenvalue weighted by atomic mass is 10.1. The minimum atomic E-state index is -0.0731. The van der Waals surface area contributed by atoms with Crippen molar-refractivity contribution in [3.63, 3.8) is 0 Å². The zero-order chi connectivity index (χ0) is 17.8. The number of carbonyl (C=O) groups excluding carboxylic acids is 1. The highest BCUT2D eigenvalue weighted by molar-refractivity contribution is 14.0. The Labute approximate surface area is 172 Å². The molecule has 1 amide bonds. The molecule has 144 valence electrons. The lowest BCUT2D eigenvalue weighted by Crippen LogP contribution is -2.42. The minimum Gasteiger partial charge on any atom is -0.357 e. The van der Waals surface area contributed by atoms with Gasteiger partial charge in [0.25, 0.3) is 5.91 Å². The van der Waals surface area contributed by atoms with Gasteiger partial charge < -0.3 is 16.0 Å². The van der Waals surface area contributed by atoms with Crippen LogP contribution in [0.1, 0.15) is 61.8 Å². The van der Waals surface area contributed by atoms with E-state index in [1.54, 1.807) is 5.51 Å². The summed E-state index contributed by atoms with van der Waals surface area (Å²) in [5.74, 6) is 0.737. The van der Waals surface area contributed by atoms with Gasteiger partial charge in [-0.1, -0.05) is 26.2 Å². The summed E-state index contributed by atoms with van der Waals surface area (Å²) in [6.45, 7) is 10.2. The number of thiazole rings is 1. The third-order valence-electron chi connectivity index (χ3n) is 3.59. The van der Waals surface area contributed by atoms with Gasteiger partial charge in [0.15, 0.2) is 5.96 Å². The first kappa shape index (κ1) is 24.1. The summed E-state index contributed by atoms with van der Waals surface area (Å²) >= 11 is 1.36. The fourth-order valence-electron chi connectivity index (χ4n) is 2.26. The number of halogens is 1. The molecule has 1 aromatic heterocycles. The largest absolute Gasteiger partial charge is 0.357 e. The van der Waals surface area contributed by atoms with Crippen molar-refractivity contribution in [2.24, 2.45) is 4.99 Å². The number of hydrogen-bond acceptors (Lipinski definition) is 4. The Kier molecular flexibility index (Phi) is 13.8. The molecule has 0 bridgehead atoms. The van der Waals surface area contributed by atoms with Gasteiger partial charge in [0.1, 0.15) is 4.88 Å². The molecule has 25 heavy (non-hydrogen) atoms. The Morgan fingerprint density at radius 2 is 2.08 bits per heavy atom. The molecule has 3 N–H and O–H groups in total. The normalized spacial score (nSPS) is 12.2. The molecule has 0 aliphatic carbocycles. The van der Waals surface area contributed by atoms with Crippen molar-refractivity contribution in [1.82, 2.24) is 20.9 Å². The van der Waals surface area contributed by atoms with Gasteiger partial charge in [-0.05, 0) is 27.2 Å². The van der Waals surface area contributed by atoms with E-state index in [1.165, 1.54) is 30.6 Å². The fourth-order valence-corrected chi connectivity index (χ4v) is 2.98. The van der Waals surface area contributed by atoms with Crippen LogP contribution in [0.15, 0.2) is 10.5 Å². The van der Waals surface area contributed by atoms with Crippen LogP contribution in [0.25, 0.3) is 0 Å². The van der Waals surface area contributed by atoms with Gasteiger partial charge in [-0.15, -0.1) is 35.3 Å². The van der Waals surface area contributed by atoms with Gasteiger partial charge in [-0.25, -0.2) is 4.98 Å². The standard InChI is InChI=1S/C17H31N5OS.HI/c1-5-7-8-9-13(3)22-17(18-6-2)20-11-10-19-16(23)15-14(4)21-12-24-15;/h12-13H,5-11H2,1-4H3,(H,19,23)(H2,18,20,22);1H. The molecule has 0 radical (unpaired) electrons. The van der Waals surface area contributed by atoms with E-state index in [0.717, 1.165) is 24.6 Å². The number of unbranched alkanes of at least 4 members (excludes halogenated alkanes) is 2. The Bertz CT molecular complexity index is 521. The van der Waals surface area contributed by atoms with Gasteiger partial charge >= 0.3 is 0 Å². The number of aliphatic imine (C=N–C) groups is 1. The topological polar surface area (TPSA) is 78.4 Å². The lowest BCUT2D eigenvalue weighted by molar-refractivity contribution is 0.0958. The predicted octanol–water partition coefficient (Wildman–Crippen LogP) is 3.32. The summed E-state index contributed by atoms with van der Waals surface area (Å²) < 4.78 is 0. The molecule has 0 spiro atoms. The molecule has 0 aliphatic heterocycles. The average Bonchev–Trinajstić information content (AvgIpc) is 2.98. The Morgan fingerprint density at radius 3 is 2.68 bits per heavy atom. The van der Waals surface area contributed by atoms with E-state index in [4.69, 9.17) is 0 Å². The Hall–Kier alpha value is -0.900. The van der Waals surface area contributed by atoms with E-state index in [-0.39, 0.29) is 29.9 Å². The molecule has 1 atom stereocenters. The van der Waals surface area contributed by atoms with Gasteiger partial charge in [0.05, 0.1) is 17.7 Å². The second-order valence-electron chi connectivity index (χ2n) is 5.82. The van der Waals surface area contributed by atoms with E-state index < -0.39 is 0 Å². The molecule has 8 heteroatoms. The number of nitrogens with one attached hydrogen (secondary N) is 3. The lowest BCUT2D eigenvalue weighted by Gasteiger charge is -2.17. The number of nitrogens with zero attached hydrogens (tertiary/aromatic N) is 2. The van der Waals surface area contributed by atoms with E-state index in [9.17, 15) is 4.79 Å². The van der Waals surface area contributed by atoms with E-state index in [1.807, 2.05) is 13.8 Å². The summed E-state index contributed by atoms with van der Waals surface area (Å²) in [6, 6.07) is 0.392. The van der Waals surface area contributed by atoms with Crippen LogP contribution >= 0.6 is 35.3 Å². The first-order chi connectivity index (χ1) is 11.6. The molecule has 0 saturated heterocycles. The second kappa shape index (κ2) is 14.3. The van der Waals surface area contributed by atoms with Crippen LogP contribution in [0.2, 0.25) is 0 Å². The van der Waals surface area contributed by atoms with Gasteiger partial charge in [-0.3, -0.25) is 9.79 Å². The zero-order valence-corrected chi connectivity index (χ0v) is 18.9. The summed E-state index contributed by atoms with van der Waals surface area (Å²) in [5.41, 5.74) is 2.46. The summed E-state index contributed by atoms with van der Waals surface area (Å²) in [4.78, 5) is 21.3. The molecular formula is C17H32IN5OS. The van der Waals surface area contributed by atoms with E-state index in [2.05, 4.69) is 39.8 Å². The van der Waals surface area contributed by atoms with Crippen LogP contribution in [-0.4, -0.2) is 42.5 Å². The highest BCUT2D eigenvalue weighted by Crippen LogP contribution is 2.11. The molecule has 0 aromatic carbocycles. The molecule has 1 rings (SSSR count). The maximum absolute atomic E-state index is 12.0. The quantitative estimate of drug-likeness (QED) is 0.207. The molecule has 1 unspecified atom stereocenters. The van der Waals surface area contributed by atoms with Crippen LogP contribution in [0, 0.1) is 6.92 Å². The first-order valence-electron chi connectivity index (χ1n) is 8.81. The number of rotatable bonds is 10. The van der Waals surface area contributed by atoms with Crippen molar-refractivity contribution in [3.8, 4) is 0 Å². The third-order valence-corrected chi connectivity index (χ3v) is 4.51. The number of carbonyl (C=O) groups is 1. The molecule has 0 aliphatic rings. The maximum Gasteiger partial charge on any atom is 0.263 e. The Balaban J connectivity index is 0.00000576. The summed E-state index contributed by atoms with van der Waals surface area (Å²) in [7, 11) is 0. The Morgan fingerprint density at radius 1 is 1.32 bits per heavy atom. The van der Waals surface area contributed by atoms with Crippen LogP contribution in [0.5, 0.6) is 0 Å². The van der Waals surface area contributed by atoms with Crippen molar-refractivity contribution >= 4 is 47.2 Å². The molecule has 0 saturated carbocycles. The van der Waals surface area contributed by atoms with Crippen molar-refractivity contribution in [2.45, 2.75) is 59.4 Å². The zero-order valence-electron chi connectivity index (χ0n) is 15.7. The number of hydrogen-bond donors (Lipinski definition) is 3. The molecule has 1 heterocycles. The number of amides is 1. The molecular weight excluding hydrogens is 449 g/mol.